The first-order valence-electron chi connectivity index (χ1n) is 8.37. The van der Waals surface area contributed by atoms with Crippen LogP contribution in [-0.4, -0.2) is 16.7 Å². The smallest absolute Gasteiger partial charge is 0.106 e. The Hall–Kier alpha value is -2.84. The zero-order valence-electron chi connectivity index (χ0n) is 13.3. The van der Waals surface area contributed by atoms with Crippen molar-refractivity contribution in [2.45, 2.75) is 6.04 Å². The van der Waals surface area contributed by atoms with E-state index < -0.39 is 0 Å². The van der Waals surface area contributed by atoms with Gasteiger partial charge in [-0.3, -0.25) is 5.01 Å². The molecule has 0 spiro atoms. The fourth-order valence-corrected chi connectivity index (χ4v) is 3.54. The first-order valence-corrected chi connectivity index (χ1v) is 8.37. The zero-order valence-corrected chi connectivity index (χ0v) is 13.3. The second-order valence-corrected chi connectivity index (χ2v) is 6.33. The molecular weight excluding hydrogens is 292 g/mol. The van der Waals surface area contributed by atoms with Crippen LogP contribution in [0.3, 0.4) is 0 Å². The maximum atomic E-state index is 2.41. The fraction of sp³-hybridized carbons (Fsp3) is 0.0909. The molecule has 2 aliphatic rings. The Balaban J connectivity index is 1.51. The summed E-state index contributed by atoms with van der Waals surface area (Å²) in [6.07, 6.45) is 2.38. The lowest BCUT2D eigenvalue weighted by molar-refractivity contribution is 0.371. The van der Waals surface area contributed by atoms with E-state index in [0.29, 0.717) is 6.04 Å². The monoisotopic (exact) mass is 310 g/mol. The van der Waals surface area contributed by atoms with Gasteiger partial charge in [0.25, 0.3) is 0 Å². The summed E-state index contributed by atoms with van der Waals surface area (Å²) in [5, 5.41) is 4.77. The van der Waals surface area contributed by atoms with Gasteiger partial charge in [-0.05, 0) is 34.4 Å². The van der Waals surface area contributed by atoms with Crippen LogP contribution in [0.2, 0.25) is 0 Å². The first kappa shape index (κ1) is 13.6. The highest BCUT2D eigenvalue weighted by Gasteiger charge is 2.45. The van der Waals surface area contributed by atoms with E-state index in [0.717, 1.165) is 6.67 Å². The molecule has 5 rings (SSSR count). The number of benzene rings is 3. The predicted octanol–water partition coefficient (Wildman–Crippen LogP) is 4.94. The van der Waals surface area contributed by atoms with Gasteiger partial charge in [0.15, 0.2) is 0 Å². The van der Waals surface area contributed by atoms with E-state index in [9.17, 15) is 0 Å². The minimum absolute atomic E-state index is 0.337. The lowest BCUT2D eigenvalue weighted by Gasteiger charge is -2.11. The van der Waals surface area contributed by atoms with Crippen molar-refractivity contribution in [3.05, 3.63) is 102 Å². The van der Waals surface area contributed by atoms with Gasteiger partial charge in [0, 0.05) is 0 Å². The van der Waals surface area contributed by atoms with Crippen molar-refractivity contribution in [1.29, 1.82) is 0 Å². The first-order chi connectivity index (χ1) is 11.9. The molecule has 0 amide bonds. The van der Waals surface area contributed by atoms with Crippen molar-refractivity contribution in [3.8, 4) is 11.1 Å². The van der Waals surface area contributed by atoms with Gasteiger partial charge in [0.05, 0.1) is 11.7 Å². The van der Waals surface area contributed by atoms with Crippen molar-refractivity contribution in [3.63, 3.8) is 0 Å². The molecule has 24 heavy (non-hydrogen) atoms. The van der Waals surface area contributed by atoms with Gasteiger partial charge in [-0.2, -0.15) is 5.01 Å². The van der Waals surface area contributed by atoms with Gasteiger partial charge >= 0.3 is 0 Å². The number of hydrazine groups is 1. The van der Waals surface area contributed by atoms with Gasteiger partial charge in [-0.25, -0.2) is 0 Å². The number of nitrogens with zero attached hydrogens (tertiary/aromatic N) is 2. The van der Waals surface area contributed by atoms with Crippen molar-refractivity contribution in [1.82, 2.24) is 10.0 Å². The van der Waals surface area contributed by atoms with Crippen LogP contribution in [0.25, 0.3) is 16.8 Å². The van der Waals surface area contributed by atoms with E-state index in [1.807, 2.05) is 0 Å². The van der Waals surface area contributed by atoms with Crippen LogP contribution in [0.5, 0.6) is 0 Å². The third-order valence-corrected chi connectivity index (χ3v) is 4.82. The average Bonchev–Trinajstić information content (AvgIpc) is 3.36. The molecule has 1 fully saturated rings. The molecule has 2 heteroatoms. The minimum Gasteiger partial charge on any atom is -0.287 e. The van der Waals surface area contributed by atoms with E-state index in [-0.39, 0.29) is 0 Å². The lowest BCUT2D eigenvalue weighted by atomic mass is 9.98. The lowest BCUT2D eigenvalue weighted by Crippen LogP contribution is -2.05. The van der Waals surface area contributed by atoms with E-state index >= 15 is 0 Å². The highest BCUT2D eigenvalue weighted by Crippen LogP contribution is 2.46. The van der Waals surface area contributed by atoms with E-state index in [1.165, 1.54) is 28.0 Å². The van der Waals surface area contributed by atoms with Crippen LogP contribution in [0.15, 0.2) is 91.0 Å². The fourth-order valence-electron chi connectivity index (χ4n) is 3.54. The van der Waals surface area contributed by atoms with Crippen LogP contribution in [0.1, 0.15) is 17.2 Å². The number of hydrogen-bond acceptors (Lipinski definition) is 2. The summed E-state index contributed by atoms with van der Waals surface area (Å²) in [5.41, 5.74) is 6.52. The highest BCUT2D eigenvalue weighted by molar-refractivity contribution is 5.70. The number of rotatable bonds is 3. The molecule has 2 atom stereocenters. The Labute approximate surface area is 142 Å². The summed E-state index contributed by atoms with van der Waals surface area (Å²) in [4.78, 5) is 0. The Bertz CT molecular complexity index is 900. The molecule has 2 heterocycles. The molecule has 1 saturated heterocycles. The average molecular weight is 310 g/mol. The quantitative estimate of drug-likeness (QED) is 0.632. The molecule has 0 aliphatic carbocycles. The SMILES string of the molecule is C1=C(c2ccccc2)N2C[N@@]2C1c1cccc(-c2ccccc2)c1. The third kappa shape index (κ3) is 2.24. The Morgan fingerprint density at radius 1 is 0.667 bits per heavy atom. The maximum absolute atomic E-state index is 2.41. The van der Waals surface area contributed by atoms with Crippen LogP contribution in [-0.2, 0) is 0 Å². The third-order valence-electron chi connectivity index (χ3n) is 4.82. The highest BCUT2D eigenvalue weighted by atomic mass is 15.8. The summed E-state index contributed by atoms with van der Waals surface area (Å²) >= 11 is 0. The van der Waals surface area contributed by atoms with Crippen molar-refractivity contribution < 1.29 is 0 Å². The normalized spacial score (nSPS) is 21.3. The molecule has 0 aromatic heterocycles. The van der Waals surface area contributed by atoms with Crippen molar-refractivity contribution in [2.75, 3.05) is 6.67 Å². The Morgan fingerprint density at radius 2 is 1.33 bits per heavy atom. The molecule has 0 radical (unpaired) electrons. The van der Waals surface area contributed by atoms with Gasteiger partial charge in [0.1, 0.15) is 6.67 Å². The molecular formula is C22H18N2. The largest absolute Gasteiger partial charge is 0.287 e. The number of fused-ring (bicyclic) bond motifs is 1. The molecule has 2 aliphatic heterocycles. The van der Waals surface area contributed by atoms with Crippen LogP contribution in [0, 0.1) is 0 Å². The minimum atomic E-state index is 0.337. The molecule has 2 nitrogen and oxygen atoms in total. The van der Waals surface area contributed by atoms with E-state index in [4.69, 9.17) is 0 Å². The van der Waals surface area contributed by atoms with Crippen LogP contribution < -0.4 is 0 Å². The number of hydrogen-bond donors (Lipinski definition) is 0. The Kier molecular flexibility index (Phi) is 3.03. The summed E-state index contributed by atoms with van der Waals surface area (Å²) in [5.74, 6) is 0. The summed E-state index contributed by atoms with van der Waals surface area (Å²) in [7, 11) is 0. The standard InChI is InChI=1S/C22H18N2/c1-3-8-17(9-4-1)19-12-7-13-20(14-19)22-15-21(23-16-24(22)23)18-10-5-2-6-11-18/h1-15,22H,16H2/t22?,23?,24-/m0/s1. The second kappa shape index (κ2) is 5.36. The van der Waals surface area contributed by atoms with Crippen LogP contribution in [0.4, 0.5) is 0 Å². The Morgan fingerprint density at radius 3 is 2.08 bits per heavy atom. The predicted molar refractivity (Wildman–Crippen MR) is 97.6 cm³/mol. The summed E-state index contributed by atoms with van der Waals surface area (Å²) < 4.78 is 0. The zero-order chi connectivity index (χ0) is 15.9. The van der Waals surface area contributed by atoms with Crippen LogP contribution >= 0.6 is 0 Å². The van der Waals surface area contributed by atoms with E-state index in [1.54, 1.807) is 0 Å². The van der Waals surface area contributed by atoms with Crippen molar-refractivity contribution >= 4 is 5.70 Å². The maximum Gasteiger partial charge on any atom is 0.106 e. The van der Waals surface area contributed by atoms with E-state index in [2.05, 4.69) is 101 Å². The van der Waals surface area contributed by atoms with Gasteiger partial charge in [-0.1, -0.05) is 78.9 Å². The molecule has 116 valence electrons. The second-order valence-electron chi connectivity index (χ2n) is 6.33. The molecule has 0 saturated carbocycles. The van der Waals surface area contributed by atoms with Gasteiger partial charge in [-0.15, -0.1) is 0 Å². The molecule has 0 bridgehead atoms. The molecule has 3 aromatic rings. The topological polar surface area (TPSA) is 6.02 Å². The summed E-state index contributed by atoms with van der Waals surface area (Å²) in [6.45, 7) is 1.01. The van der Waals surface area contributed by atoms with Gasteiger partial charge in [0.2, 0.25) is 0 Å². The molecule has 1 unspecified atom stereocenters. The van der Waals surface area contributed by atoms with Gasteiger partial charge < -0.3 is 0 Å². The van der Waals surface area contributed by atoms with Crippen molar-refractivity contribution in [2.24, 2.45) is 0 Å². The molecule has 0 N–H and O–H groups in total. The summed E-state index contributed by atoms with van der Waals surface area (Å²) in [6, 6.07) is 30.5. The molecule has 3 aromatic carbocycles.